The molecule has 0 saturated heterocycles. The second-order valence-corrected chi connectivity index (χ2v) is 9.64. The van der Waals surface area contributed by atoms with Gasteiger partial charge in [-0.2, -0.15) is 0 Å². The van der Waals surface area contributed by atoms with Crippen molar-refractivity contribution < 1.29 is 14.3 Å². The second kappa shape index (κ2) is 7.90. The first-order valence-corrected chi connectivity index (χ1v) is 11.2. The topological polar surface area (TPSA) is 55.4 Å². The van der Waals surface area contributed by atoms with Crippen LogP contribution in [0.1, 0.15) is 44.1 Å². The van der Waals surface area contributed by atoms with Crippen LogP contribution in [0.2, 0.25) is 0 Å². The summed E-state index contributed by atoms with van der Waals surface area (Å²) in [5, 5.41) is 2.89. The lowest BCUT2D eigenvalue weighted by molar-refractivity contribution is -0.146. The summed E-state index contributed by atoms with van der Waals surface area (Å²) >= 11 is 0. The lowest BCUT2D eigenvalue weighted by Crippen LogP contribution is -2.51. The maximum atomic E-state index is 13.1. The molecule has 0 atom stereocenters. The Bertz CT molecular complexity index is 884. The van der Waals surface area contributed by atoms with Gasteiger partial charge in [0.15, 0.2) is 5.78 Å². The lowest BCUT2D eigenvalue weighted by Gasteiger charge is -2.55. The van der Waals surface area contributed by atoms with Crippen molar-refractivity contribution in [2.24, 2.45) is 23.2 Å². The molecular formula is C26H29NO3. The maximum absolute atomic E-state index is 13.1. The van der Waals surface area contributed by atoms with E-state index in [0.29, 0.717) is 18.0 Å². The van der Waals surface area contributed by atoms with Crippen molar-refractivity contribution in [1.82, 2.24) is 0 Å². The summed E-state index contributed by atoms with van der Waals surface area (Å²) in [5.41, 5.74) is 1.61. The molecule has 6 rings (SSSR count). The summed E-state index contributed by atoms with van der Waals surface area (Å²) < 4.78 is 5.86. The molecule has 156 valence electrons. The molecule has 0 spiro atoms. The molecule has 4 fully saturated rings. The van der Waals surface area contributed by atoms with Gasteiger partial charge in [0, 0.05) is 11.1 Å². The molecule has 0 heterocycles. The van der Waals surface area contributed by atoms with Gasteiger partial charge in [-0.15, -0.1) is 0 Å². The molecular weight excluding hydrogens is 374 g/mol. The minimum atomic E-state index is -0.107. The van der Waals surface area contributed by atoms with Crippen molar-refractivity contribution in [3.05, 3.63) is 60.2 Å². The molecule has 4 aliphatic rings. The van der Waals surface area contributed by atoms with E-state index < -0.39 is 0 Å². The number of benzene rings is 2. The van der Waals surface area contributed by atoms with Crippen molar-refractivity contribution in [2.45, 2.75) is 44.9 Å². The first-order chi connectivity index (χ1) is 14.6. The van der Waals surface area contributed by atoms with Crippen LogP contribution >= 0.6 is 0 Å². The average Bonchev–Trinajstić information content (AvgIpc) is 2.73. The highest BCUT2D eigenvalue weighted by molar-refractivity contribution is 5.92. The number of nitrogens with one attached hydrogen (secondary N) is 1. The zero-order valence-corrected chi connectivity index (χ0v) is 17.3. The van der Waals surface area contributed by atoms with Crippen molar-refractivity contribution in [3.8, 4) is 5.75 Å². The summed E-state index contributed by atoms with van der Waals surface area (Å²) in [6.07, 6.45) is 7.57. The van der Waals surface area contributed by atoms with Gasteiger partial charge in [-0.05, 0) is 86.1 Å². The number of Topliss-reactive ketones (excluding diaryl/α,β-unsaturated/α-hetero) is 1. The third-order valence-electron chi connectivity index (χ3n) is 7.35. The second-order valence-electron chi connectivity index (χ2n) is 9.64. The predicted octanol–water partition coefficient (Wildman–Crippen LogP) is 5.03. The van der Waals surface area contributed by atoms with E-state index in [1.807, 2.05) is 54.6 Å². The van der Waals surface area contributed by atoms with Gasteiger partial charge in [0.2, 0.25) is 5.91 Å². The van der Waals surface area contributed by atoms with Gasteiger partial charge < -0.3 is 10.1 Å². The maximum Gasteiger partial charge on any atom is 0.228 e. The highest BCUT2D eigenvalue weighted by Crippen LogP contribution is 2.60. The molecule has 2 aromatic rings. The van der Waals surface area contributed by atoms with E-state index in [4.69, 9.17) is 4.74 Å². The van der Waals surface area contributed by atoms with Crippen molar-refractivity contribution in [1.29, 1.82) is 0 Å². The number of rotatable bonds is 7. The van der Waals surface area contributed by atoms with Gasteiger partial charge in [-0.3, -0.25) is 9.59 Å². The first-order valence-electron chi connectivity index (χ1n) is 11.2. The molecule has 4 saturated carbocycles. The van der Waals surface area contributed by atoms with E-state index in [9.17, 15) is 9.59 Å². The number of amides is 1. The average molecular weight is 404 g/mol. The van der Waals surface area contributed by atoms with Crippen LogP contribution in [0.3, 0.4) is 0 Å². The summed E-state index contributed by atoms with van der Waals surface area (Å²) in [6, 6.07) is 17.0. The van der Waals surface area contributed by atoms with Gasteiger partial charge >= 0.3 is 0 Å². The minimum absolute atomic E-state index is 0.0492. The molecule has 0 aromatic heterocycles. The number of ether oxygens (including phenoxy) is 1. The zero-order valence-electron chi connectivity index (χ0n) is 17.3. The molecule has 2 aromatic carbocycles. The highest BCUT2D eigenvalue weighted by Gasteiger charge is 2.54. The predicted molar refractivity (Wildman–Crippen MR) is 116 cm³/mol. The van der Waals surface area contributed by atoms with Crippen LogP contribution in [0.4, 0.5) is 5.69 Å². The molecule has 0 aliphatic heterocycles. The minimum Gasteiger partial charge on any atom is -0.486 e. The molecule has 1 amide bonds. The Morgan fingerprint density at radius 2 is 1.47 bits per heavy atom. The number of anilines is 1. The molecule has 4 bridgehead atoms. The van der Waals surface area contributed by atoms with Crippen LogP contribution in [0.15, 0.2) is 54.6 Å². The SMILES string of the molecule is O=C(Cc1ccc(OCC(=O)C23CC4CC(CC(C4)C2)C3)cc1)Nc1ccccc1. The Morgan fingerprint density at radius 1 is 0.867 bits per heavy atom. The van der Waals surface area contributed by atoms with Crippen LogP contribution < -0.4 is 10.1 Å². The van der Waals surface area contributed by atoms with Crippen LogP contribution in [-0.2, 0) is 16.0 Å². The number of carbonyl (C=O) groups is 2. The summed E-state index contributed by atoms with van der Waals surface area (Å²) in [5.74, 6) is 3.24. The Morgan fingerprint density at radius 3 is 2.07 bits per heavy atom. The Kier molecular flexibility index (Phi) is 5.10. The van der Waals surface area contributed by atoms with Crippen LogP contribution in [0, 0.1) is 23.2 Å². The third kappa shape index (κ3) is 4.00. The fourth-order valence-electron chi connectivity index (χ4n) is 6.37. The fraction of sp³-hybridized carbons (Fsp3) is 0.462. The molecule has 0 unspecified atom stereocenters. The molecule has 4 aliphatic carbocycles. The smallest absolute Gasteiger partial charge is 0.228 e. The first kappa shape index (κ1) is 19.3. The van der Waals surface area contributed by atoms with Gasteiger partial charge in [0.05, 0.1) is 6.42 Å². The van der Waals surface area contributed by atoms with Crippen LogP contribution in [0.25, 0.3) is 0 Å². The van der Waals surface area contributed by atoms with E-state index in [2.05, 4.69) is 5.32 Å². The highest BCUT2D eigenvalue weighted by atomic mass is 16.5. The van der Waals surface area contributed by atoms with E-state index in [1.54, 1.807) is 0 Å². The summed E-state index contributed by atoms with van der Waals surface area (Å²) in [4.78, 5) is 25.3. The summed E-state index contributed by atoms with van der Waals surface area (Å²) in [6.45, 7) is 0.167. The van der Waals surface area contributed by atoms with Crippen molar-refractivity contribution in [2.75, 3.05) is 11.9 Å². The monoisotopic (exact) mass is 403 g/mol. The number of carbonyl (C=O) groups excluding carboxylic acids is 2. The normalized spacial score (nSPS) is 28.9. The van der Waals surface area contributed by atoms with E-state index in [1.165, 1.54) is 19.3 Å². The molecule has 0 radical (unpaired) electrons. The Balaban J connectivity index is 1.14. The standard InChI is InChI=1S/C26H29NO3/c28-24(26-14-19-10-20(15-26)12-21(11-19)16-26)17-30-23-8-6-18(7-9-23)13-25(29)27-22-4-2-1-3-5-22/h1-9,19-21H,10-17H2,(H,27,29). The van der Waals surface area contributed by atoms with Crippen molar-refractivity contribution in [3.63, 3.8) is 0 Å². The van der Waals surface area contributed by atoms with E-state index in [0.717, 1.165) is 48.3 Å². The van der Waals surface area contributed by atoms with Gasteiger partial charge in [0.25, 0.3) is 0 Å². The number of para-hydroxylation sites is 1. The Hall–Kier alpha value is -2.62. The molecule has 1 N–H and O–H groups in total. The van der Waals surface area contributed by atoms with Crippen LogP contribution in [0.5, 0.6) is 5.75 Å². The molecule has 30 heavy (non-hydrogen) atoms. The largest absolute Gasteiger partial charge is 0.486 e. The van der Waals surface area contributed by atoms with Gasteiger partial charge in [0.1, 0.15) is 12.4 Å². The van der Waals surface area contributed by atoms with Crippen molar-refractivity contribution >= 4 is 17.4 Å². The Labute approximate surface area is 178 Å². The number of hydrogen-bond donors (Lipinski definition) is 1. The van der Waals surface area contributed by atoms with E-state index in [-0.39, 0.29) is 17.9 Å². The third-order valence-corrected chi connectivity index (χ3v) is 7.35. The molecule has 4 heteroatoms. The zero-order chi connectivity index (χ0) is 20.6. The summed E-state index contributed by atoms with van der Waals surface area (Å²) in [7, 11) is 0. The van der Waals surface area contributed by atoms with Gasteiger partial charge in [-0.1, -0.05) is 30.3 Å². The van der Waals surface area contributed by atoms with E-state index >= 15 is 0 Å². The van der Waals surface area contributed by atoms with Crippen LogP contribution in [-0.4, -0.2) is 18.3 Å². The fourth-order valence-corrected chi connectivity index (χ4v) is 6.37. The lowest BCUT2D eigenvalue weighted by atomic mass is 9.48. The number of ketones is 1. The van der Waals surface area contributed by atoms with Gasteiger partial charge in [-0.25, -0.2) is 0 Å². The quantitative estimate of drug-likeness (QED) is 0.705. The number of hydrogen-bond acceptors (Lipinski definition) is 3. The molecule has 4 nitrogen and oxygen atoms in total.